The van der Waals surface area contributed by atoms with E-state index in [9.17, 15) is 9.59 Å². The van der Waals surface area contributed by atoms with E-state index in [4.69, 9.17) is 5.11 Å². The summed E-state index contributed by atoms with van der Waals surface area (Å²) in [5.74, 6) is -1.14. The summed E-state index contributed by atoms with van der Waals surface area (Å²) < 4.78 is 0. The Labute approximate surface area is 110 Å². The lowest BCUT2D eigenvalue weighted by molar-refractivity contribution is -0.136. The van der Waals surface area contributed by atoms with Crippen molar-refractivity contribution in [3.05, 3.63) is 47.2 Å². The Morgan fingerprint density at radius 2 is 1.95 bits per heavy atom. The van der Waals surface area contributed by atoms with Gasteiger partial charge in [0.1, 0.15) is 0 Å². The number of rotatable bonds is 4. The molecule has 0 radical (unpaired) electrons. The summed E-state index contributed by atoms with van der Waals surface area (Å²) in [4.78, 5) is 26.1. The highest BCUT2D eigenvalue weighted by Crippen LogP contribution is 2.23. The summed E-state index contributed by atoms with van der Waals surface area (Å²) in [5.41, 5.74) is 2.57. The Morgan fingerprint density at radius 3 is 2.58 bits per heavy atom. The predicted molar refractivity (Wildman–Crippen MR) is 73.4 cm³/mol. The smallest absolute Gasteiger partial charge is 0.307 e. The van der Waals surface area contributed by atoms with Gasteiger partial charge in [-0.2, -0.15) is 0 Å². The number of allylic oxidation sites excluding steroid dienone is 2. The molecule has 2 aromatic rings. The summed E-state index contributed by atoms with van der Waals surface area (Å²) in [7, 11) is 0. The first kappa shape index (κ1) is 13.1. The first-order valence-corrected chi connectivity index (χ1v) is 5.99. The molecule has 1 aromatic heterocycles. The van der Waals surface area contributed by atoms with Gasteiger partial charge in [0.05, 0.1) is 12.1 Å². The van der Waals surface area contributed by atoms with Gasteiger partial charge in [0.2, 0.25) is 5.78 Å². The highest BCUT2D eigenvalue weighted by Gasteiger charge is 2.18. The Bertz CT molecular complexity index is 676. The molecule has 0 fully saturated rings. The number of aromatic nitrogens is 1. The van der Waals surface area contributed by atoms with E-state index in [1.165, 1.54) is 6.08 Å². The number of fused-ring (bicyclic) bond motifs is 1. The molecule has 19 heavy (non-hydrogen) atoms. The average Bonchev–Trinajstić information content (AvgIpc) is 2.67. The minimum atomic E-state index is -0.948. The van der Waals surface area contributed by atoms with Crippen LogP contribution in [0.3, 0.4) is 0 Å². The quantitative estimate of drug-likeness (QED) is 0.653. The number of H-pyrrole nitrogens is 1. The van der Waals surface area contributed by atoms with E-state index in [0.29, 0.717) is 11.3 Å². The number of para-hydroxylation sites is 1. The van der Waals surface area contributed by atoms with Crippen LogP contribution >= 0.6 is 0 Å². The first-order chi connectivity index (χ1) is 8.99. The SMILES string of the molecule is CC(C)=CC(=O)c1[nH]c2ccccc2c1CC(=O)O. The number of carbonyl (C=O) groups is 2. The van der Waals surface area contributed by atoms with Crippen LogP contribution in [0.4, 0.5) is 0 Å². The minimum absolute atomic E-state index is 0.165. The van der Waals surface area contributed by atoms with Crippen LogP contribution in [0.15, 0.2) is 35.9 Å². The fraction of sp³-hybridized carbons (Fsp3) is 0.200. The lowest BCUT2D eigenvalue weighted by Gasteiger charge is -1.99. The van der Waals surface area contributed by atoms with Crippen LogP contribution in [0.2, 0.25) is 0 Å². The van der Waals surface area contributed by atoms with E-state index in [1.54, 1.807) is 0 Å². The first-order valence-electron chi connectivity index (χ1n) is 5.99. The number of hydrogen-bond acceptors (Lipinski definition) is 2. The highest BCUT2D eigenvalue weighted by atomic mass is 16.4. The van der Waals surface area contributed by atoms with Crippen molar-refractivity contribution in [1.82, 2.24) is 4.98 Å². The predicted octanol–water partition coefficient (Wildman–Crippen LogP) is 2.94. The van der Waals surface area contributed by atoms with Crippen molar-refractivity contribution < 1.29 is 14.7 Å². The van der Waals surface area contributed by atoms with E-state index in [-0.39, 0.29) is 12.2 Å². The van der Waals surface area contributed by atoms with Crippen LogP contribution in [0, 0.1) is 0 Å². The third-order valence-electron chi connectivity index (χ3n) is 2.81. The van der Waals surface area contributed by atoms with Gasteiger partial charge in [-0.25, -0.2) is 0 Å². The molecule has 0 aliphatic rings. The molecule has 0 saturated heterocycles. The number of aromatic amines is 1. The van der Waals surface area contributed by atoms with Crippen LogP contribution in [0.5, 0.6) is 0 Å². The number of carbonyl (C=O) groups excluding carboxylic acids is 1. The van der Waals surface area contributed by atoms with Crippen LogP contribution < -0.4 is 0 Å². The van der Waals surface area contributed by atoms with E-state index in [2.05, 4.69) is 4.98 Å². The number of carboxylic acid groups (broad SMARTS) is 1. The fourth-order valence-electron chi connectivity index (χ4n) is 2.08. The third-order valence-corrected chi connectivity index (χ3v) is 2.81. The number of hydrogen-bond donors (Lipinski definition) is 2. The molecule has 2 N–H and O–H groups in total. The fourth-order valence-corrected chi connectivity index (χ4v) is 2.08. The Hall–Kier alpha value is -2.36. The van der Waals surface area contributed by atoms with Gasteiger partial charge in [-0.3, -0.25) is 9.59 Å². The molecule has 1 heterocycles. The molecule has 0 spiro atoms. The molecule has 0 unspecified atom stereocenters. The third kappa shape index (κ3) is 2.73. The molecule has 0 aliphatic carbocycles. The van der Waals surface area contributed by atoms with E-state index in [0.717, 1.165) is 16.5 Å². The average molecular weight is 257 g/mol. The summed E-state index contributed by atoms with van der Waals surface area (Å²) in [6.07, 6.45) is 1.34. The van der Waals surface area contributed by atoms with Gasteiger partial charge in [0.25, 0.3) is 0 Å². The van der Waals surface area contributed by atoms with Gasteiger partial charge in [-0.1, -0.05) is 23.8 Å². The maximum Gasteiger partial charge on any atom is 0.307 e. The molecule has 1 aromatic carbocycles. The lowest BCUT2D eigenvalue weighted by atomic mass is 10.0. The van der Waals surface area contributed by atoms with Gasteiger partial charge in [-0.15, -0.1) is 0 Å². The van der Waals surface area contributed by atoms with Gasteiger partial charge < -0.3 is 10.1 Å². The number of ketones is 1. The molecule has 0 aliphatic heterocycles. The molecular formula is C15H15NO3. The molecular weight excluding hydrogens is 242 g/mol. The van der Waals surface area contributed by atoms with Crippen LogP contribution in [0.25, 0.3) is 10.9 Å². The second-order valence-electron chi connectivity index (χ2n) is 4.68. The molecule has 4 nitrogen and oxygen atoms in total. The second-order valence-corrected chi connectivity index (χ2v) is 4.68. The minimum Gasteiger partial charge on any atom is -0.481 e. The van der Waals surface area contributed by atoms with Crippen molar-refractivity contribution >= 4 is 22.7 Å². The summed E-state index contributed by atoms with van der Waals surface area (Å²) in [5, 5.41) is 9.78. The summed E-state index contributed by atoms with van der Waals surface area (Å²) in [6.45, 7) is 3.66. The van der Waals surface area contributed by atoms with E-state index >= 15 is 0 Å². The molecule has 98 valence electrons. The molecule has 0 bridgehead atoms. The maximum atomic E-state index is 12.1. The molecule has 0 saturated carbocycles. The maximum absolute atomic E-state index is 12.1. The molecule has 4 heteroatoms. The van der Waals surface area contributed by atoms with Crippen molar-refractivity contribution in [2.45, 2.75) is 20.3 Å². The van der Waals surface area contributed by atoms with Crippen LogP contribution in [0.1, 0.15) is 29.9 Å². The second kappa shape index (κ2) is 5.10. The zero-order valence-corrected chi connectivity index (χ0v) is 10.9. The summed E-state index contributed by atoms with van der Waals surface area (Å²) in [6, 6.07) is 7.33. The van der Waals surface area contributed by atoms with Crippen LogP contribution in [-0.2, 0) is 11.2 Å². The Morgan fingerprint density at radius 1 is 1.26 bits per heavy atom. The standard InChI is InChI=1S/C15H15NO3/c1-9(2)7-13(17)15-11(8-14(18)19)10-5-3-4-6-12(10)16-15/h3-7,16H,8H2,1-2H3,(H,18,19). The summed E-state index contributed by atoms with van der Waals surface area (Å²) >= 11 is 0. The Kier molecular flexibility index (Phi) is 3.51. The molecule has 0 amide bonds. The largest absolute Gasteiger partial charge is 0.481 e. The van der Waals surface area contributed by atoms with E-state index in [1.807, 2.05) is 38.1 Å². The van der Waals surface area contributed by atoms with Crippen molar-refractivity contribution in [1.29, 1.82) is 0 Å². The van der Waals surface area contributed by atoms with Gasteiger partial charge in [0, 0.05) is 10.9 Å². The number of carboxylic acids is 1. The monoisotopic (exact) mass is 257 g/mol. The van der Waals surface area contributed by atoms with Crippen molar-refractivity contribution in [2.75, 3.05) is 0 Å². The number of nitrogens with one attached hydrogen (secondary N) is 1. The number of aliphatic carboxylic acids is 1. The topological polar surface area (TPSA) is 70.2 Å². The highest BCUT2D eigenvalue weighted by molar-refractivity contribution is 6.09. The van der Waals surface area contributed by atoms with Crippen molar-refractivity contribution in [3.63, 3.8) is 0 Å². The van der Waals surface area contributed by atoms with Gasteiger partial charge in [-0.05, 0) is 31.6 Å². The van der Waals surface area contributed by atoms with Crippen molar-refractivity contribution in [3.8, 4) is 0 Å². The zero-order valence-electron chi connectivity index (χ0n) is 10.9. The number of benzene rings is 1. The Balaban J connectivity index is 2.62. The van der Waals surface area contributed by atoms with Crippen LogP contribution in [-0.4, -0.2) is 21.8 Å². The normalized spacial score (nSPS) is 10.4. The molecule has 0 atom stereocenters. The zero-order chi connectivity index (χ0) is 14.0. The van der Waals surface area contributed by atoms with Gasteiger partial charge >= 0.3 is 5.97 Å². The lowest BCUT2D eigenvalue weighted by Crippen LogP contribution is -2.06. The van der Waals surface area contributed by atoms with Gasteiger partial charge in [0.15, 0.2) is 0 Å². The molecule has 2 rings (SSSR count). The van der Waals surface area contributed by atoms with Crippen molar-refractivity contribution in [2.24, 2.45) is 0 Å². The van der Waals surface area contributed by atoms with E-state index < -0.39 is 5.97 Å².